The Bertz CT molecular complexity index is 678. The quantitative estimate of drug-likeness (QED) is 0.660. The summed E-state index contributed by atoms with van der Waals surface area (Å²) < 4.78 is 5.96. The van der Waals surface area contributed by atoms with Gasteiger partial charge in [-0.15, -0.1) is 0 Å². The number of nitrogen functional groups attached to an aromatic ring is 1. The van der Waals surface area contributed by atoms with Crippen molar-refractivity contribution in [2.24, 2.45) is 5.73 Å². The van der Waals surface area contributed by atoms with Crippen molar-refractivity contribution in [3.8, 4) is 11.6 Å². The Labute approximate surface area is 125 Å². The molecule has 1 aromatic heterocycles. The Hall–Kier alpha value is -2.36. The summed E-state index contributed by atoms with van der Waals surface area (Å²) >= 11 is 0. The van der Waals surface area contributed by atoms with E-state index in [0.29, 0.717) is 17.4 Å². The molecule has 0 fully saturated rings. The Balaban J connectivity index is 2.42. The van der Waals surface area contributed by atoms with Crippen LogP contribution >= 0.6 is 0 Å². The second-order valence-corrected chi connectivity index (χ2v) is 5.55. The zero-order valence-corrected chi connectivity index (χ0v) is 12.9. The minimum absolute atomic E-state index is 0.0127. The standard InChI is InChI=1S/C17H21N3O/c1-10(2)14-6-5-11(3)7-15(14)21-16-9-13(17(18)19)8-12(4)20-16/h5-10H,1-4H3,(H3,18,19). The van der Waals surface area contributed by atoms with Crippen molar-refractivity contribution in [1.82, 2.24) is 4.98 Å². The number of aryl methyl sites for hydroxylation is 2. The first kappa shape index (κ1) is 15.0. The van der Waals surface area contributed by atoms with E-state index in [0.717, 1.165) is 22.6 Å². The van der Waals surface area contributed by atoms with Crippen molar-refractivity contribution in [2.45, 2.75) is 33.6 Å². The van der Waals surface area contributed by atoms with Crippen molar-refractivity contribution >= 4 is 5.84 Å². The zero-order chi connectivity index (χ0) is 15.6. The monoisotopic (exact) mass is 283 g/mol. The molecule has 0 saturated carbocycles. The molecule has 0 radical (unpaired) electrons. The molecule has 0 unspecified atom stereocenters. The molecule has 0 aliphatic carbocycles. The minimum Gasteiger partial charge on any atom is -0.439 e. The van der Waals surface area contributed by atoms with Gasteiger partial charge in [-0.3, -0.25) is 5.41 Å². The van der Waals surface area contributed by atoms with E-state index in [2.05, 4.69) is 31.0 Å². The van der Waals surface area contributed by atoms with E-state index in [9.17, 15) is 0 Å². The number of amidine groups is 1. The number of pyridine rings is 1. The van der Waals surface area contributed by atoms with E-state index in [1.165, 1.54) is 0 Å². The predicted molar refractivity (Wildman–Crippen MR) is 85.3 cm³/mol. The molecule has 0 saturated heterocycles. The number of nitrogens with zero attached hydrogens (tertiary/aromatic N) is 1. The van der Waals surface area contributed by atoms with Gasteiger partial charge in [0.05, 0.1) is 0 Å². The third-order valence-electron chi connectivity index (χ3n) is 3.25. The molecule has 2 aromatic rings. The number of benzene rings is 1. The average Bonchev–Trinajstić information content (AvgIpc) is 2.37. The lowest BCUT2D eigenvalue weighted by atomic mass is 10.0. The van der Waals surface area contributed by atoms with Crippen molar-refractivity contribution in [3.63, 3.8) is 0 Å². The van der Waals surface area contributed by atoms with Gasteiger partial charge in [0.1, 0.15) is 11.6 Å². The summed E-state index contributed by atoms with van der Waals surface area (Å²) in [7, 11) is 0. The number of hydrogen-bond donors (Lipinski definition) is 2. The highest BCUT2D eigenvalue weighted by molar-refractivity contribution is 5.95. The Kier molecular flexibility index (Phi) is 4.26. The van der Waals surface area contributed by atoms with Crippen molar-refractivity contribution in [2.75, 3.05) is 0 Å². The first-order valence-corrected chi connectivity index (χ1v) is 6.98. The lowest BCUT2D eigenvalue weighted by molar-refractivity contribution is 0.452. The zero-order valence-electron chi connectivity index (χ0n) is 12.9. The van der Waals surface area contributed by atoms with E-state index in [4.69, 9.17) is 15.9 Å². The van der Waals surface area contributed by atoms with E-state index in [1.54, 1.807) is 12.1 Å². The average molecular weight is 283 g/mol. The van der Waals surface area contributed by atoms with E-state index >= 15 is 0 Å². The topological polar surface area (TPSA) is 72.0 Å². The van der Waals surface area contributed by atoms with Crippen LogP contribution in [0.15, 0.2) is 30.3 Å². The van der Waals surface area contributed by atoms with Gasteiger partial charge >= 0.3 is 0 Å². The van der Waals surface area contributed by atoms with Crippen LogP contribution in [0.3, 0.4) is 0 Å². The van der Waals surface area contributed by atoms with Crippen LogP contribution in [0.4, 0.5) is 0 Å². The maximum absolute atomic E-state index is 7.55. The Morgan fingerprint density at radius 1 is 1.19 bits per heavy atom. The Morgan fingerprint density at radius 3 is 2.52 bits per heavy atom. The molecule has 4 heteroatoms. The molecular weight excluding hydrogens is 262 g/mol. The van der Waals surface area contributed by atoms with E-state index in [1.807, 2.05) is 19.9 Å². The molecule has 0 spiro atoms. The first-order valence-electron chi connectivity index (χ1n) is 6.98. The highest BCUT2D eigenvalue weighted by atomic mass is 16.5. The molecule has 4 nitrogen and oxygen atoms in total. The fourth-order valence-electron chi connectivity index (χ4n) is 2.17. The van der Waals surface area contributed by atoms with Gasteiger partial charge in [-0.25, -0.2) is 4.98 Å². The van der Waals surface area contributed by atoms with E-state index in [-0.39, 0.29) is 5.84 Å². The number of nitrogens with one attached hydrogen (secondary N) is 1. The van der Waals surface area contributed by atoms with E-state index < -0.39 is 0 Å². The maximum atomic E-state index is 7.55. The van der Waals surface area contributed by atoms with Gasteiger partial charge in [0.25, 0.3) is 0 Å². The third-order valence-corrected chi connectivity index (χ3v) is 3.25. The molecule has 0 amide bonds. The highest BCUT2D eigenvalue weighted by Crippen LogP contribution is 2.31. The third kappa shape index (κ3) is 3.60. The van der Waals surface area contributed by atoms with Crippen molar-refractivity contribution in [3.05, 3.63) is 52.7 Å². The van der Waals surface area contributed by atoms with Crippen LogP contribution in [-0.4, -0.2) is 10.8 Å². The summed E-state index contributed by atoms with van der Waals surface area (Å²) in [5.41, 5.74) is 9.21. The van der Waals surface area contributed by atoms with Crippen LogP contribution in [-0.2, 0) is 0 Å². The van der Waals surface area contributed by atoms with Gasteiger partial charge in [-0.1, -0.05) is 26.0 Å². The first-order chi connectivity index (χ1) is 9.86. The van der Waals surface area contributed by atoms with Crippen LogP contribution < -0.4 is 10.5 Å². The molecule has 1 heterocycles. The van der Waals surface area contributed by atoms with Gasteiger partial charge in [-0.05, 0) is 43.0 Å². The fraction of sp³-hybridized carbons (Fsp3) is 0.294. The van der Waals surface area contributed by atoms with Crippen LogP contribution in [0.5, 0.6) is 11.6 Å². The molecule has 1 aromatic carbocycles. The lowest BCUT2D eigenvalue weighted by Gasteiger charge is -2.15. The molecule has 0 aliphatic heterocycles. The van der Waals surface area contributed by atoms with Gasteiger partial charge in [0.15, 0.2) is 0 Å². The summed E-state index contributed by atoms with van der Waals surface area (Å²) in [6.07, 6.45) is 0. The number of aromatic nitrogens is 1. The summed E-state index contributed by atoms with van der Waals surface area (Å²) in [5.74, 6) is 1.64. The normalized spacial score (nSPS) is 10.7. The lowest BCUT2D eigenvalue weighted by Crippen LogP contribution is -2.11. The number of hydrogen-bond acceptors (Lipinski definition) is 3. The van der Waals surface area contributed by atoms with Crippen molar-refractivity contribution < 1.29 is 4.74 Å². The minimum atomic E-state index is 0.0127. The largest absolute Gasteiger partial charge is 0.439 e. The number of rotatable bonds is 4. The molecule has 21 heavy (non-hydrogen) atoms. The summed E-state index contributed by atoms with van der Waals surface area (Å²) in [6.45, 7) is 8.14. The van der Waals surface area contributed by atoms with Crippen LogP contribution in [0, 0.1) is 19.3 Å². The second-order valence-electron chi connectivity index (χ2n) is 5.55. The van der Waals surface area contributed by atoms with Gasteiger partial charge < -0.3 is 10.5 Å². The van der Waals surface area contributed by atoms with Gasteiger partial charge in [-0.2, -0.15) is 0 Å². The molecule has 110 valence electrons. The molecule has 2 rings (SSSR count). The summed E-state index contributed by atoms with van der Waals surface area (Å²) in [6, 6.07) is 9.63. The molecule has 0 aliphatic rings. The molecular formula is C17H21N3O. The van der Waals surface area contributed by atoms with Crippen molar-refractivity contribution in [1.29, 1.82) is 5.41 Å². The fourth-order valence-corrected chi connectivity index (χ4v) is 2.17. The molecule has 0 atom stereocenters. The van der Waals surface area contributed by atoms with Gasteiger partial charge in [0.2, 0.25) is 5.88 Å². The van der Waals surface area contributed by atoms with Crippen LogP contribution in [0.25, 0.3) is 0 Å². The second kappa shape index (κ2) is 5.95. The highest BCUT2D eigenvalue weighted by Gasteiger charge is 2.11. The number of nitrogens with two attached hydrogens (primary N) is 1. The smallest absolute Gasteiger partial charge is 0.220 e. The Morgan fingerprint density at radius 2 is 1.90 bits per heavy atom. The van der Waals surface area contributed by atoms with Crippen LogP contribution in [0.2, 0.25) is 0 Å². The molecule has 0 bridgehead atoms. The summed E-state index contributed by atoms with van der Waals surface area (Å²) in [4.78, 5) is 4.37. The summed E-state index contributed by atoms with van der Waals surface area (Å²) in [5, 5.41) is 7.55. The predicted octanol–water partition coefficient (Wildman–Crippen LogP) is 3.90. The van der Waals surface area contributed by atoms with Gasteiger partial charge in [0, 0.05) is 17.3 Å². The number of ether oxygens (including phenoxy) is 1. The SMILES string of the molecule is Cc1ccc(C(C)C)c(Oc2cc(C(=N)N)cc(C)n2)c1. The maximum Gasteiger partial charge on any atom is 0.220 e. The molecule has 3 N–H and O–H groups in total. The van der Waals surface area contributed by atoms with Crippen LogP contribution in [0.1, 0.15) is 42.1 Å².